The topological polar surface area (TPSA) is 144 Å². The number of rotatable bonds is 17. The quantitative estimate of drug-likeness (QED) is 0.128. The lowest BCUT2D eigenvalue weighted by Crippen LogP contribution is -2.42. The van der Waals surface area contributed by atoms with E-state index in [1.807, 2.05) is 6.92 Å². The molecule has 0 aromatic carbocycles. The Hall–Kier alpha value is -1.87. The van der Waals surface area contributed by atoms with Crippen molar-refractivity contribution in [3.8, 4) is 0 Å². The maximum Gasteiger partial charge on any atom is 0.241 e. The van der Waals surface area contributed by atoms with Gasteiger partial charge in [-0.3, -0.25) is 20.2 Å². The number of carbonyl (C=O) groups is 1. The summed E-state index contributed by atoms with van der Waals surface area (Å²) in [7, 11) is 0. The number of carbonyl (C=O) groups excluding carboxylic acids is 1. The van der Waals surface area contributed by atoms with Gasteiger partial charge in [-0.25, -0.2) is 0 Å². The normalized spacial score (nSPS) is 16.0. The number of hydrogen-bond acceptors (Lipinski definition) is 7. The summed E-state index contributed by atoms with van der Waals surface area (Å²) in [6.45, 7) is 1.95. The molecule has 0 aliphatic carbocycles. The number of nitrogens with zero attached hydrogens (tertiary/aromatic N) is 2. The summed E-state index contributed by atoms with van der Waals surface area (Å²) in [5, 5.41) is 42.6. The maximum absolute atomic E-state index is 11.2. The molecule has 0 aliphatic heterocycles. The minimum atomic E-state index is -1.48. The first-order valence-corrected chi connectivity index (χ1v) is 9.56. The van der Waals surface area contributed by atoms with Gasteiger partial charge >= 0.3 is 0 Å². The van der Waals surface area contributed by atoms with Crippen LogP contribution in [0.25, 0.3) is 0 Å². The second kappa shape index (κ2) is 15.2. The van der Waals surface area contributed by atoms with Crippen LogP contribution >= 0.6 is 0 Å². The molecule has 0 rings (SSSR count). The predicted octanol–water partition coefficient (Wildman–Crippen LogP) is 2.67. The zero-order valence-electron chi connectivity index (χ0n) is 15.9. The molecule has 0 fully saturated rings. The number of hydrogen-bond donors (Lipinski definition) is 2. The van der Waals surface area contributed by atoms with Crippen LogP contribution in [-0.4, -0.2) is 50.6 Å². The van der Waals surface area contributed by atoms with Crippen LogP contribution in [0.2, 0.25) is 0 Å². The SMILES string of the molecule is CCCCCC(C(O)CC(C(O)C/C=C/CCCCC=O)[N+](=O)[O-])[N+](=O)[O-]. The van der Waals surface area contributed by atoms with Crippen molar-refractivity contribution in [3.05, 3.63) is 32.4 Å². The third-order valence-corrected chi connectivity index (χ3v) is 4.50. The lowest BCUT2D eigenvalue weighted by Gasteiger charge is -2.20. The predicted molar refractivity (Wildman–Crippen MR) is 101 cm³/mol. The van der Waals surface area contributed by atoms with Gasteiger partial charge in [0.2, 0.25) is 12.1 Å². The highest BCUT2D eigenvalue weighted by Gasteiger charge is 2.38. The van der Waals surface area contributed by atoms with Gasteiger partial charge in [0.25, 0.3) is 0 Å². The highest BCUT2D eigenvalue weighted by atomic mass is 16.6. The minimum absolute atomic E-state index is 0.0328. The second-order valence-electron chi connectivity index (χ2n) is 6.73. The molecule has 0 spiro atoms. The molecule has 0 aromatic heterocycles. The molecule has 4 unspecified atom stereocenters. The van der Waals surface area contributed by atoms with Gasteiger partial charge in [0.15, 0.2) is 0 Å². The number of allylic oxidation sites excluding steroid dienone is 1. The molecule has 2 N–H and O–H groups in total. The summed E-state index contributed by atoms with van der Waals surface area (Å²) in [6, 6.07) is -2.73. The van der Waals surface area contributed by atoms with Gasteiger partial charge in [-0.05, 0) is 32.1 Å². The van der Waals surface area contributed by atoms with E-state index < -0.39 is 40.6 Å². The Balaban J connectivity index is 4.61. The van der Waals surface area contributed by atoms with E-state index in [9.17, 15) is 35.2 Å². The maximum atomic E-state index is 11.2. The number of nitro groups is 2. The number of unbranched alkanes of at least 4 members (excludes halogenated alkanes) is 5. The number of aliphatic hydroxyl groups is 2. The van der Waals surface area contributed by atoms with Crippen LogP contribution in [0.3, 0.4) is 0 Å². The van der Waals surface area contributed by atoms with Crippen LogP contribution in [-0.2, 0) is 4.79 Å². The average molecular weight is 388 g/mol. The van der Waals surface area contributed by atoms with Crippen LogP contribution in [0.5, 0.6) is 0 Å². The summed E-state index contributed by atoms with van der Waals surface area (Å²) in [4.78, 5) is 31.3. The Bertz CT molecular complexity index is 471. The summed E-state index contributed by atoms with van der Waals surface area (Å²) >= 11 is 0. The van der Waals surface area contributed by atoms with Gasteiger partial charge in [-0.1, -0.05) is 31.9 Å². The van der Waals surface area contributed by atoms with E-state index in [1.165, 1.54) is 0 Å². The Labute approximate surface area is 159 Å². The van der Waals surface area contributed by atoms with Crippen molar-refractivity contribution < 1.29 is 24.9 Å². The van der Waals surface area contributed by atoms with Crippen molar-refractivity contribution in [1.29, 1.82) is 0 Å². The van der Waals surface area contributed by atoms with Gasteiger partial charge in [0.1, 0.15) is 18.5 Å². The van der Waals surface area contributed by atoms with E-state index in [4.69, 9.17) is 0 Å². The zero-order valence-corrected chi connectivity index (χ0v) is 15.9. The second-order valence-corrected chi connectivity index (χ2v) is 6.73. The molecule has 0 heterocycles. The largest absolute Gasteiger partial charge is 0.386 e. The molecule has 0 aliphatic rings. The molecule has 0 amide bonds. The fourth-order valence-corrected chi connectivity index (χ4v) is 2.83. The van der Waals surface area contributed by atoms with Crippen LogP contribution in [0.1, 0.15) is 71.1 Å². The first-order chi connectivity index (χ1) is 12.8. The van der Waals surface area contributed by atoms with Gasteiger partial charge in [-0.15, -0.1) is 0 Å². The number of aliphatic hydroxyl groups excluding tert-OH is 2. The summed E-state index contributed by atoms with van der Waals surface area (Å²) < 4.78 is 0. The van der Waals surface area contributed by atoms with Crippen molar-refractivity contribution in [2.24, 2.45) is 0 Å². The lowest BCUT2D eigenvalue weighted by atomic mass is 9.95. The molecule has 0 saturated carbocycles. The Morgan fingerprint density at radius 2 is 1.52 bits per heavy atom. The summed E-state index contributed by atoms with van der Waals surface area (Å²) in [5.74, 6) is 0. The third kappa shape index (κ3) is 11.4. The Morgan fingerprint density at radius 1 is 0.889 bits per heavy atom. The molecule has 0 bridgehead atoms. The summed E-state index contributed by atoms with van der Waals surface area (Å²) in [6.07, 6.45) is 6.18. The van der Waals surface area contributed by atoms with E-state index in [0.717, 1.165) is 32.0 Å². The van der Waals surface area contributed by atoms with E-state index in [1.54, 1.807) is 12.2 Å². The first-order valence-electron chi connectivity index (χ1n) is 9.56. The first kappa shape index (κ1) is 25.1. The molecule has 0 saturated heterocycles. The smallest absolute Gasteiger partial charge is 0.241 e. The number of aldehydes is 1. The Kier molecular flexibility index (Phi) is 14.2. The summed E-state index contributed by atoms with van der Waals surface area (Å²) in [5.41, 5.74) is 0. The molecule has 4 atom stereocenters. The van der Waals surface area contributed by atoms with Crippen LogP contribution in [0.15, 0.2) is 12.2 Å². The van der Waals surface area contributed by atoms with Crippen molar-refractivity contribution in [2.75, 3.05) is 0 Å². The molecule has 9 heteroatoms. The molecular formula is C18H32N2O7. The van der Waals surface area contributed by atoms with Crippen molar-refractivity contribution in [1.82, 2.24) is 0 Å². The van der Waals surface area contributed by atoms with Gasteiger partial charge in [-0.2, -0.15) is 0 Å². The van der Waals surface area contributed by atoms with Gasteiger partial charge < -0.3 is 15.0 Å². The zero-order chi connectivity index (χ0) is 20.7. The van der Waals surface area contributed by atoms with Gasteiger partial charge in [0.05, 0.1) is 6.42 Å². The fourth-order valence-electron chi connectivity index (χ4n) is 2.83. The average Bonchev–Trinajstić information content (AvgIpc) is 2.61. The van der Waals surface area contributed by atoms with Crippen molar-refractivity contribution in [3.63, 3.8) is 0 Å². The van der Waals surface area contributed by atoms with Gasteiger partial charge in [0, 0.05) is 22.7 Å². The van der Waals surface area contributed by atoms with Crippen LogP contribution in [0, 0.1) is 20.2 Å². The van der Waals surface area contributed by atoms with Crippen LogP contribution in [0.4, 0.5) is 0 Å². The molecular weight excluding hydrogens is 356 g/mol. The minimum Gasteiger partial charge on any atom is -0.386 e. The lowest BCUT2D eigenvalue weighted by molar-refractivity contribution is -0.554. The molecule has 0 aromatic rings. The van der Waals surface area contributed by atoms with Crippen molar-refractivity contribution in [2.45, 2.75) is 95.4 Å². The third-order valence-electron chi connectivity index (χ3n) is 4.50. The van der Waals surface area contributed by atoms with E-state index in [2.05, 4.69) is 0 Å². The van der Waals surface area contributed by atoms with E-state index in [-0.39, 0.29) is 12.8 Å². The molecule has 156 valence electrons. The van der Waals surface area contributed by atoms with E-state index in [0.29, 0.717) is 19.3 Å². The van der Waals surface area contributed by atoms with E-state index >= 15 is 0 Å². The standard InChI is InChI=1S/C18H32N2O7/c1-2-3-8-11-15(19(24)25)18(23)14-16(20(26)27)17(22)12-9-6-4-5-7-10-13-21/h6,9,13,15-18,22-23H,2-5,7-8,10-12,14H2,1H3/b9-6+. The molecule has 0 radical (unpaired) electrons. The highest BCUT2D eigenvalue weighted by Crippen LogP contribution is 2.18. The van der Waals surface area contributed by atoms with Crippen molar-refractivity contribution >= 4 is 6.29 Å². The Morgan fingerprint density at radius 3 is 2.07 bits per heavy atom. The highest BCUT2D eigenvalue weighted by molar-refractivity contribution is 5.48. The molecule has 9 nitrogen and oxygen atoms in total. The monoisotopic (exact) mass is 388 g/mol. The fraction of sp³-hybridized carbons (Fsp3) is 0.833. The molecule has 27 heavy (non-hydrogen) atoms. The van der Waals surface area contributed by atoms with Crippen LogP contribution < -0.4 is 0 Å².